The van der Waals surface area contributed by atoms with Crippen LogP contribution in [0, 0.1) is 0 Å². The lowest BCUT2D eigenvalue weighted by Gasteiger charge is -2.06. The molecule has 2 aromatic heterocycles. The quantitative estimate of drug-likeness (QED) is 0.698. The number of nitrogens with zero attached hydrogens (tertiary/aromatic N) is 4. The summed E-state index contributed by atoms with van der Waals surface area (Å²) >= 11 is 0. The molecule has 118 valence electrons. The fourth-order valence-corrected chi connectivity index (χ4v) is 2.21. The van der Waals surface area contributed by atoms with E-state index in [2.05, 4.69) is 15.0 Å². The van der Waals surface area contributed by atoms with E-state index in [1.165, 1.54) is 4.57 Å². The van der Waals surface area contributed by atoms with Gasteiger partial charge in [0.15, 0.2) is 17.0 Å². The number of esters is 1. The number of anilines is 1. The Kier molecular flexibility index (Phi) is 3.80. The Morgan fingerprint density at radius 1 is 1.26 bits per heavy atom. The Morgan fingerprint density at radius 3 is 2.70 bits per heavy atom. The van der Waals surface area contributed by atoms with E-state index in [4.69, 9.17) is 10.5 Å². The van der Waals surface area contributed by atoms with E-state index in [1.807, 2.05) is 30.3 Å². The number of fused-ring (bicyclic) bond motifs is 1. The third-order valence-corrected chi connectivity index (χ3v) is 3.24. The number of benzene rings is 1. The second-order valence-electron chi connectivity index (χ2n) is 4.81. The van der Waals surface area contributed by atoms with Crippen LogP contribution in [0.1, 0.15) is 23.1 Å². The highest BCUT2D eigenvalue weighted by Crippen LogP contribution is 2.24. The average molecular weight is 313 g/mol. The summed E-state index contributed by atoms with van der Waals surface area (Å²) < 4.78 is 6.35. The van der Waals surface area contributed by atoms with Crippen LogP contribution in [-0.4, -0.2) is 37.2 Å². The van der Waals surface area contributed by atoms with E-state index in [0.717, 1.165) is 5.56 Å². The molecule has 0 spiro atoms. The van der Waals surface area contributed by atoms with E-state index >= 15 is 0 Å². The van der Waals surface area contributed by atoms with Crippen LogP contribution in [0.4, 0.5) is 5.82 Å². The van der Waals surface area contributed by atoms with Gasteiger partial charge in [-0.25, -0.2) is 14.8 Å². The summed E-state index contributed by atoms with van der Waals surface area (Å²) in [5.41, 5.74) is 7.28. The highest BCUT2D eigenvalue weighted by Gasteiger charge is 2.20. The molecule has 8 heteroatoms. The zero-order chi connectivity index (χ0) is 16.4. The van der Waals surface area contributed by atoms with Crippen molar-refractivity contribution in [2.45, 2.75) is 13.5 Å². The molecule has 23 heavy (non-hydrogen) atoms. The van der Waals surface area contributed by atoms with Crippen LogP contribution < -0.4 is 5.73 Å². The van der Waals surface area contributed by atoms with Gasteiger partial charge in [0, 0.05) is 0 Å². The van der Waals surface area contributed by atoms with Gasteiger partial charge in [-0.1, -0.05) is 30.3 Å². The standard InChI is InChI=1S/C15H15N5O3/c1-2-23-14(21)12-18-11(16)10-13(19-12)20(15(22)17-10)8-9-6-4-3-5-7-9/h3-7H,2,8H2,1H3,(H,17,22)(H2,16,18,19). The lowest BCUT2D eigenvalue weighted by Crippen LogP contribution is -2.12. The Labute approximate surface area is 131 Å². The maximum Gasteiger partial charge on any atom is 0.376 e. The number of nitrogens with two attached hydrogens (primary N) is 1. The minimum Gasteiger partial charge on any atom is -0.480 e. The lowest BCUT2D eigenvalue weighted by atomic mass is 10.2. The number of carbonyl (C=O) groups excluding carboxylic acids is 1. The van der Waals surface area contributed by atoms with Gasteiger partial charge in [0.2, 0.25) is 5.82 Å². The number of imidazole rings is 1. The predicted octanol–water partition coefficient (Wildman–Crippen LogP) is 1.34. The lowest BCUT2D eigenvalue weighted by molar-refractivity contribution is 0.0512. The number of nitrogen functional groups attached to an aromatic ring is 1. The summed E-state index contributed by atoms with van der Waals surface area (Å²) in [5.74, 6) is -0.820. The van der Waals surface area contributed by atoms with E-state index in [9.17, 15) is 9.90 Å². The topological polar surface area (TPSA) is 116 Å². The van der Waals surface area contributed by atoms with E-state index in [1.54, 1.807) is 6.92 Å². The largest absolute Gasteiger partial charge is 0.480 e. The first kappa shape index (κ1) is 14.8. The number of rotatable bonds is 4. The van der Waals surface area contributed by atoms with Crippen molar-refractivity contribution in [3.63, 3.8) is 0 Å². The van der Waals surface area contributed by atoms with Crippen LogP contribution in [-0.2, 0) is 11.3 Å². The monoisotopic (exact) mass is 313 g/mol. The molecule has 3 aromatic rings. The predicted molar refractivity (Wildman–Crippen MR) is 82.9 cm³/mol. The van der Waals surface area contributed by atoms with Gasteiger partial charge in [0.25, 0.3) is 6.01 Å². The van der Waals surface area contributed by atoms with Gasteiger partial charge in [-0.3, -0.25) is 4.57 Å². The fraction of sp³-hybridized carbons (Fsp3) is 0.200. The molecule has 2 heterocycles. The zero-order valence-electron chi connectivity index (χ0n) is 12.4. The second-order valence-corrected chi connectivity index (χ2v) is 4.81. The van der Waals surface area contributed by atoms with Crippen molar-refractivity contribution in [1.82, 2.24) is 19.5 Å². The van der Waals surface area contributed by atoms with Crippen LogP contribution in [0.25, 0.3) is 11.2 Å². The van der Waals surface area contributed by atoms with Crippen LogP contribution in [0.5, 0.6) is 6.01 Å². The number of aromatic nitrogens is 4. The van der Waals surface area contributed by atoms with Crippen molar-refractivity contribution in [3.8, 4) is 6.01 Å². The number of ether oxygens (including phenoxy) is 1. The number of hydrogen-bond donors (Lipinski definition) is 2. The molecule has 3 rings (SSSR count). The third kappa shape index (κ3) is 2.78. The average Bonchev–Trinajstić information content (AvgIpc) is 2.86. The molecule has 0 aliphatic carbocycles. The van der Waals surface area contributed by atoms with Crippen molar-refractivity contribution in [3.05, 3.63) is 41.7 Å². The summed E-state index contributed by atoms with van der Waals surface area (Å²) in [6, 6.07) is 9.24. The fourth-order valence-electron chi connectivity index (χ4n) is 2.21. The number of aromatic hydroxyl groups is 1. The Hall–Kier alpha value is -3.16. The van der Waals surface area contributed by atoms with Gasteiger partial charge < -0.3 is 15.6 Å². The molecule has 0 saturated heterocycles. The first-order valence-electron chi connectivity index (χ1n) is 7.04. The molecule has 1 aromatic carbocycles. The molecule has 0 bridgehead atoms. The molecule has 0 radical (unpaired) electrons. The molecular formula is C15H15N5O3. The molecule has 0 fully saturated rings. The second kappa shape index (κ2) is 5.91. The molecule has 0 amide bonds. The molecule has 8 nitrogen and oxygen atoms in total. The van der Waals surface area contributed by atoms with Crippen molar-refractivity contribution in [1.29, 1.82) is 0 Å². The molecule has 0 saturated carbocycles. The Morgan fingerprint density at radius 2 is 2.00 bits per heavy atom. The van der Waals surface area contributed by atoms with Gasteiger partial charge in [-0.15, -0.1) is 0 Å². The van der Waals surface area contributed by atoms with Gasteiger partial charge >= 0.3 is 5.97 Å². The van der Waals surface area contributed by atoms with Gasteiger partial charge in [-0.05, 0) is 12.5 Å². The van der Waals surface area contributed by atoms with Crippen molar-refractivity contribution in [2.75, 3.05) is 12.3 Å². The number of carbonyl (C=O) groups is 1. The zero-order valence-corrected chi connectivity index (χ0v) is 12.4. The first-order chi connectivity index (χ1) is 11.1. The van der Waals surface area contributed by atoms with Crippen LogP contribution in [0.15, 0.2) is 30.3 Å². The highest BCUT2D eigenvalue weighted by atomic mass is 16.5. The highest BCUT2D eigenvalue weighted by molar-refractivity contribution is 5.91. The van der Waals surface area contributed by atoms with Crippen LogP contribution >= 0.6 is 0 Å². The van der Waals surface area contributed by atoms with E-state index < -0.39 is 5.97 Å². The van der Waals surface area contributed by atoms with Crippen LogP contribution in [0.3, 0.4) is 0 Å². The van der Waals surface area contributed by atoms with Gasteiger partial charge in [0.05, 0.1) is 13.2 Å². The molecule has 0 atom stereocenters. The summed E-state index contributed by atoms with van der Waals surface area (Å²) in [5, 5.41) is 10.1. The van der Waals surface area contributed by atoms with Crippen molar-refractivity contribution < 1.29 is 14.6 Å². The smallest absolute Gasteiger partial charge is 0.376 e. The maximum absolute atomic E-state index is 11.8. The summed E-state index contributed by atoms with van der Waals surface area (Å²) in [7, 11) is 0. The minimum atomic E-state index is -0.673. The SMILES string of the molecule is CCOC(=O)c1nc(N)c2nc(O)n(Cc3ccccc3)c2n1. The molecule has 0 unspecified atom stereocenters. The Bertz CT molecular complexity index is 860. The first-order valence-corrected chi connectivity index (χ1v) is 7.04. The summed E-state index contributed by atoms with van der Waals surface area (Å²) in [4.78, 5) is 23.8. The number of hydrogen-bond acceptors (Lipinski definition) is 7. The molecule has 3 N–H and O–H groups in total. The normalized spacial score (nSPS) is 10.8. The van der Waals surface area contributed by atoms with E-state index in [-0.39, 0.29) is 35.4 Å². The van der Waals surface area contributed by atoms with Crippen molar-refractivity contribution in [2.24, 2.45) is 0 Å². The molecule has 0 aliphatic heterocycles. The maximum atomic E-state index is 11.8. The minimum absolute atomic E-state index is 0.0140. The molecule has 0 aliphatic rings. The summed E-state index contributed by atoms with van der Waals surface area (Å²) in [6.07, 6.45) is 0. The van der Waals surface area contributed by atoms with Crippen molar-refractivity contribution >= 4 is 23.0 Å². The third-order valence-electron chi connectivity index (χ3n) is 3.24. The Balaban J connectivity index is 2.10. The van der Waals surface area contributed by atoms with Gasteiger partial charge in [0.1, 0.15) is 0 Å². The van der Waals surface area contributed by atoms with Gasteiger partial charge in [-0.2, -0.15) is 4.98 Å². The van der Waals surface area contributed by atoms with E-state index in [0.29, 0.717) is 6.54 Å². The summed E-state index contributed by atoms with van der Waals surface area (Å²) in [6.45, 7) is 2.22. The molecular weight excluding hydrogens is 298 g/mol. The van der Waals surface area contributed by atoms with Crippen LogP contribution in [0.2, 0.25) is 0 Å².